The van der Waals surface area contributed by atoms with Gasteiger partial charge in [0.2, 0.25) is 6.41 Å². The van der Waals surface area contributed by atoms with Crippen LogP contribution in [0.25, 0.3) is 0 Å². The molecule has 58 valence electrons. The first-order valence-corrected chi connectivity index (χ1v) is 3.37. The number of hydrogen-bond donors (Lipinski definition) is 2. The molecule has 1 fully saturated rings. The van der Waals surface area contributed by atoms with E-state index in [9.17, 15) is 4.79 Å². The molecule has 1 rings (SSSR count). The predicted octanol–water partition coefficient (Wildman–Crippen LogP) is -1.15. The smallest absolute Gasteiger partial charge is 0.207 e. The molecular formula is C6H12N2O2. The first kappa shape index (κ1) is 7.50. The average Bonchev–Trinajstić information content (AvgIpc) is 1.94. The fraction of sp³-hybridized carbons (Fsp3) is 0.833. The lowest BCUT2D eigenvalue weighted by atomic mass is 10.1. The second-order valence-electron chi connectivity index (χ2n) is 2.42. The summed E-state index contributed by atoms with van der Waals surface area (Å²) in [5, 5.41) is 2.60. The molecule has 1 saturated heterocycles. The van der Waals surface area contributed by atoms with Crippen molar-refractivity contribution in [3.63, 3.8) is 0 Å². The molecule has 1 heterocycles. The van der Waals surface area contributed by atoms with Crippen molar-refractivity contribution in [1.82, 2.24) is 5.32 Å². The summed E-state index contributed by atoms with van der Waals surface area (Å²) >= 11 is 0. The third-order valence-corrected chi connectivity index (χ3v) is 1.69. The summed E-state index contributed by atoms with van der Waals surface area (Å²) in [4.78, 5) is 10.00. The molecule has 1 aliphatic rings. The lowest BCUT2D eigenvalue weighted by Gasteiger charge is -2.27. The SMILES string of the molecule is NC1CCOCC1NC=O. The molecule has 0 bridgehead atoms. The minimum atomic E-state index is 0.00579. The van der Waals surface area contributed by atoms with Gasteiger partial charge in [-0.15, -0.1) is 0 Å². The zero-order chi connectivity index (χ0) is 7.40. The standard InChI is InChI=1S/C6H12N2O2/c7-5-1-2-10-3-6(5)8-4-9/h4-6H,1-3,7H2,(H,8,9). The quantitative estimate of drug-likeness (QED) is 0.481. The molecule has 2 unspecified atom stereocenters. The minimum absolute atomic E-state index is 0.00579. The van der Waals surface area contributed by atoms with Crippen LogP contribution >= 0.6 is 0 Å². The number of amides is 1. The van der Waals surface area contributed by atoms with Gasteiger partial charge in [0.05, 0.1) is 12.6 Å². The Morgan fingerprint density at radius 3 is 3.10 bits per heavy atom. The Kier molecular flexibility index (Phi) is 2.65. The molecule has 0 spiro atoms. The second kappa shape index (κ2) is 3.53. The summed E-state index contributed by atoms with van der Waals surface area (Å²) < 4.78 is 5.10. The molecule has 1 aliphatic heterocycles. The van der Waals surface area contributed by atoms with Gasteiger partial charge in [-0.3, -0.25) is 4.79 Å². The maximum absolute atomic E-state index is 10.00. The van der Waals surface area contributed by atoms with Crippen LogP contribution < -0.4 is 11.1 Å². The van der Waals surface area contributed by atoms with E-state index in [1.807, 2.05) is 0 Å². The fourth-order valence-electron chi connectivity index (χ4n) is 1.01. The van der Waals surface area contributed by atoms with Crippen LogP contribution in [-0.2, 0) is 9.53 Å². The van der Waals surface area contributed by atoms with Crippen LogP contribution in [-0.4, -0.2) is 31.7 Å². The number of nitrogens with one attached hydrogen (secondary N) is 1. The number of hydrogen-bond acceptors (Lipinski definition) is 3. The van der Waals surface area contributed by atoms with E-state index in [1.54, 1.807) is 0 Å². The Morgan fingerprint density at radius 1 is 1.70 bits per heavy atom. The van der Waals surface area contributed by atoms with E-state index in [0.29, 0.717) is 19.6 Å². The van der Waals surface area contributed by atoms with Gasteiger partial charge in [0.15, 0.2) is 0 Å². The Morgan fingerprint density at radius 2 is 2.50 bits per heavy atom. The lowest BCUT2D eigenvalue weighted by molar-refractivity contribution is -0.111. The molecule has 4 heteroatoms. The molecule has 0 saturated carbocycles. The van der Waals surface area contributed by atoms with E-state index < -0.39 is 0 Å². The first-order valence-electron chi connectivity index (χ1n) is 3.37. The van der Waals surface area contributed by atoms with E-state index in [-0.39, 0.29) is 12.1 Å². The molecule has 2 atom stereocenters. The number of carbonyl (C=O) groups is 1. The van der Waals surface area contributed by atoms with Crippen molar-refractivity contribution in [3.05, 3.63) is 0 Å². The number of ether oxygens (including phenoxy) is 1. The van der Waals surface area contributed by atoms with Crippen LogP contribution in [0.15, 0.2) is 0 Å². The van der Waals surface area contributed by atoms with Gasteiger partial charge < -0.3 is 15.8 Å². The van der Waals surface area contributed by atoms with Crippen LogP contribution in [0.4, 0.5) is 0 Å². The molecule has 0 aliphatic carbocycles. The van der Waals surface area contributed by atoms with Crippen molar-refractivity contribution in [3.8, 4) is 0 Å². The first-order chi connectivity index (χ1) is 4.84. The van der Waals surface area contributed by atoms with E-state index in [0.717, 1.165) is 6.42 Å². The molecule has 3 N–H and O–H groups in total. The van der Waals surface area contributed by atoms with Crippen LogP contribution in [0, 0.1) is 0 Å². The van der Waals surface area contributed by atoms with Crippen molar-refractivity contribution in [2.24, 2.45) is 5.73 Å². The van der Waals surface area contributed by atoms with Gasteiger partial charge in [-0.2, -0.15) is 0 Å². The molecule has 1 amide bonds. The van der Waals surface area contributed by atoms with E-state index in [1.165, 1.54) is 0 Å². The van der Waals surface area contributed by atoms with Crippen molar-refractivity contribution in [2.45, 2.75) is 18.5 Å². The zero-order valence-electron chi connectivity index (χ0n) is 5.75. The molecule has 10 heavy (non-hydrogen) atoms. The Hall–Kier alpha value is -0.610. The largest absolute Gasteiger partial charge is 0.379 e. The maximum Gasteiger partial charge on any atom is 0.207 e. The highest BCUT2D eigenvalue weighted by molar-refractivity contribution is 5.46. The predicted molar refractivity (Wildman–Crippen MR) is 36.4 cm³/mol. The van der Waals surface area contributed by atoms with Gasteiger partial charge >= 0.3 is 0 Å². The van der Waals surface area contributed by atoms with Crippen molar-refractivity contribution in [1.29, 1.82) is 0 Å². The zero-order valence-corrected chi connectivity index (χ0v) is 5.75. The van der Waals surface area contributed by atoms with Crippen molar-refractivity contribution >= 4 is 6.41 Å². The summed E-state index contributed by atoms with van der Waals surface area (Å²) in [7, 11) is 0. The topological polar surface area (TPSA) is 64.3 Å². The minimum Gasteiger partial charge on any atom is -0.379 e. The summed E-state index contributed by atoms with van der Waals surface area (Å²) in [6, 6.07) is 0.0604. The number of rotatable bonds is 2. The van der Waals surface area contributed by atoms with Crippen LogP contribution in [0.1, 0.15) is 6.42 Å². The summed E-state index contributed by atoms with van der Waals surface area (Å²) in [6.07, 6.45) is 1.49. The van der Waals surface area contributed by atoms with E-state index in [2.05, 4.69) is 5.32 Å². The Bertz CT molecular complexity index is 118. The number of carbonyl (C=O) groups excluding carboxylic acids is 1. The summed E-state index contributed by atoms with van der Waals surface area (Å²) in [5.41, 5.74) is 5.66. The molecule has 0 aromatic rings. The highest BCUT2D eigenvalue weighted by Crippen LogP contribution is 2.03. The highest BCUT2D eigenvalue weighted by Gasteiger charge is 2.20. The fourth-order valence-corrected chi connectivity index (χ4v) is 1.01. The molecule has 0 aromatic carbocycles. The van der Waals surface area contributed by atoms with Crippen molar-refractivity contribution in [2.75, 3.05) is 13.2 Å². The molecule has 0 aromatic heterocycles. The van der Waals surface area contributed by atoms with Crippen LogP contribution in [0.5, 0.6) is 0 Å². The monoisotopic (exact) mass is 144 g/mol. The Labute approximate surface area is 59.7 Å². The third-order valence-electron chi connectivity index (χ3n) is 1.69. The lowest BCUT2D eigenvalue weighted by Crippen LogP contribution is -2.51. The molecule has 0 radical (unpaired) electrons. The van der Waals surface area contributed by atoms with E-state index in [4.69, 9.17) is 10.5 Å². The van der Waals surface area contributed by atoms with Gasteiger partial charge in [-0.25, -0.2) is 0 Å². The molecular weight excluding hydrogens is 132 g/mol. The van der Waals surface area contributed by atoms with Gasteiger partial charge in [0.1, 0.15) is 0 Å². The van der Waals surface area contributed by atoms with Crippen molar-refractivity contribution < 1.29 is 9.53 Å². The molecule has 4 nitrogen and oxygen atoms in total. The van der Waals surface area contributed by atoms with Gasteiger partial charge in [-0.1, -0.05) is 0 Å². The highest BCUT2D eigenvalue weighted by atomic mass is 16.5. The normalized spacial score (nSPS) is 33.3. The third kappa shape index (κ3) is 1.68. The summed E-state index contributed by atoms with van der Waals surface area (Å²) in [6.45, 7) is 1.25. The second-order valence-corrected chi connectivity index (χ2v) is 2.42. The van der Waals surface area contributed by atoms with Crippen LogP contribution in [0.3, 0.4) is 0 Å². The Balaban J connectivity index is 2.32. The maximum atomic E-state index is 10.00. The van der Waals surface area contributed by atoms with E-state index >= 15 is 0 Å². The van der Waals surface area contributed by atoms with Crippen LogP contribution in [0.2, 0.25) is 0 Å². The van der Waals surface area contributed by atoms with Gasteiger partial charge in [0, 0.05) is 12.6 Å². The summed E-state index contributed by atoms with van der Waals surface area (Å²) in [5.74, 6) is 0. The number of nitrogens with two attached hydrogens (primary N) is 1. The van der Waals surface area contributed by atoms with Gasteiger partial charge in [0.25, 0.3) is 0 Å². The van der Waals surface area contributed by atoms with Gasteiger partial charge in [-0.05, 0) is 6.42 Å². The average molecular weight is 144 g/mol.